The molecule has 0 aromatic carbocycles. The van der Waals surface area contributed by atoms with Gasteiger partial charge in [0.25, 0.3) is 5.91 Å². The molecule has 0 saturated carbocycles. The van der Waals surface area contributed by atoms with Gasteiger partial charge in [-0.05, 0) is 37.8 Å². The summed E-state index contributed by atoms with van der Waals surface area (Å²) >= 11 is 1.47. The summed E-state index contributed by atoms with van der Waals surface area (Å²) in [6.07, 6.45) is -1.74. The van der Waals surface area contributed by atoms with E-state index in [2.05, 4.69) is 10.3 Å². The SMILES string of the molecule is COCC1CC2(CCNCC2)CN1C(=O)c1cscn1.O=C(O)C(F)(F)F. The highest BCUT2D eigenvalue weighted by Crippen LogP contribution is 2.42. The molecule has 1 aromatic rings. The zero-order valence-electron chi connectivity index (χ0n) is 14.8. The minimum Gasteiger partial charge on any atom is -0.475 e. The van der Waals surface area contributed by atoms with Gasteiger partial charge in [0.15, 0.2) is 0 Å². The van der Waals surface area contributed by atoms with Crippen molar-refractivity contribution in [2.45, 2.75) is 31.5 Å². The van der Waals surface area contributed by atoms with E-state index >= 15 is 0 Å². The Bertz CT molecular complexity index is 633. The topological polar surface area (TPSA) is 91.8 Å². The number of methoxy groups -OCH3 is 1. The lowest BCUT2D eigenvalue weighted by Gasteiger charge is -2.33. The van der Waals surface area contributed by atoms with Gasteiger partial charge in [-0.2, -0.15) is 13.2 Å². The summed E-state index contributed by atoms with van der Waals surface area (Å²) in [5.41, 5.74) is 2.57. The molecule has 2 saturated heterocycles. The Labute approximate surface area is 158 Å². The molecule has 0 aliphatic carbocycles. The number of thiazole rings is 1. The number of carboxylic acid groups (broad SMARTS) is 1. The van der Waals surface area contributed by atoms with Crippen molar-refractivity contribution in [2.24, 2.45) is 5.41 Å². The minimum absolute atomic E-state index is 0.0590. The lowest BCUT2D eigenvalue weighted by Crippen LogP contribution is -2.41. The van der Waals surface area contributed by atoms with Crippen LogP contribution >= 0.6 is 11.3 Å². The summed E-state index contributed by atoms with van der Waals surface area (Å²) in [6.45, 7) is 3.57. The van der Waals surface area contributed by atoms with Gasteiger partial charge >= 0.3 is 12.1 Å². The normalized spacial score (nSPS) is 21.6. The van der Waals surface area contributed by atoms with Crippen molar-refractivity contribution in [1.29, 1.82) is 0 Å². The second kappa shape index (κ2) is 8.98. The number of halogens is 3. The molecule has 0 bridgehead atoms. The molecule has 1 atom stereocenters. The number of ether oxygens (including phenoxy) is 1. The molecule has 1 aromatic heterocycles. The first-order chi connectivity index (χ1) is 12.7. The Kier molecular flexibility index (Phi) is 7.18. The molecule has 0 radical (unpaired) electrons. The standard InChI is InChI=1S/C14H21N3O2S.C2HF3O2/c1-19-7-11-6-14(2-4-15-5-3-14)9-17(11)13(18)12-8-20-10-16-12;3-2(4,5)1(6)7/h8,10-11,15H,2-7,9H2,1H3;(H,6,7). The molecular weight excluding hydrogens is 387 g/mol. The third-order valence-electron chi connectivity index (χ3n) is 4.79. The number of nitrogens with zero attached hydrogens (tertiary/aromatic N) is 2. The Morgan fingerprint density at radius 1 is 1.44 bits per heavy atom. The summed E-state index contributed by atoms with van der Waals surface area (Å²) in [6, 6.07) is 0.187. The Hall–Kier alpha value is -1.72. The first kappa shape index (κ1) is 21.6. The average Bonchev–Trinajstić information content (AvgIpc) is 3.24. The smallest absolute Gasteiger partial charge is 0.475 e. The van der Waals surface area contributed by atoms with E-state index in [1.54, 1.807) is 12.6 Å². The van der Waals surface area contributed by atoms with Crippen LogP contribution in [0.25, 0.3) is 0 Å². The molecule has 2 fully saturated rings. The largest absolute Gasteiger partial charge is 0.490 e. The Balaban J connectivity index is 0.000000321. The first-order valence-corrected chi connectivity index (χ1v) is 9.32. The fourth-order valence-electron chi connectivity index (χ4n) is 3.53. The van der Waals surface area contributed by atoms with E-state index in [1.165, 1.54) is 11.3 Å². The van der Waals surface area contributed by atoms with E-state index in [1.807, 2.05) is 10.3 Å². The summed E-state index contributed by atoms with van der Waals surface area (Å²) in [4.78, 5) is 27.7. The van der Waals surface area contributed by atoms with Gasteiger partial charge in [-0.1, -0.05) is 0 Å². The maximum absolute atomic E-state index is 12.6. The lowest BCUT2D eigenvalue weighted by atomic mass is 9.77. The Morgan fingerprint density at radius 2 is 2.07 bits per heavy atom. The molecule has 2 aliphatic heterocycles. The second-order valence-corrected chi connectivity index (χ2v) is 7.39. The number of aliphatic carboxylic acids is 1. The number of carbonyl (C=O) groups is 2. The number of carboxylic acids is 1. The summed E-state index contributed by atoms with van der Waals surface area (Å²) in [7, 11) is 1.71. The zero-order chi connectivity index (χ0) is 20.1. The monoisotopic (exact) mass is 409 g/mol. The molecule has 1 spiro atoms. The molecular formula is C16H22F3N3O4S. The number of carbonyl (C=O) groups excluding carboxylic acids is 1. The maximum atomic E-state index is 12.6. The van der Waals surface area contributed by atoms with E-state index in [4.69, 9.17) is 14.6 Å². The van der Waals surface area contributed by atoms with Crippen molar-refractivity contribution in [1.82, 2.24) is 15.2 Å². The number of alkyl halides is 3. The van der Waals surface area contributed by atoms with Gasteiger partial charge in [0, 0.05) is 19.0 Å². The number of likely N-dealkylation sites (tertiary alicyclic amines) is 1. The van der Waals surface area contributed by atoms with Crippen LogP contribution in [0.4, 0.5) is 13.2 Å². The van der Waals surface area contributed by atoms with Crippen LogP contribution in [0.5, 0.6) is 0 Å². The van der Waals surface area contributed by atoms with Gasteiger partial charge in [0.2, 0.25) is 0 Å². The third-order valence-corrected chi connectivity index (χ3v) is 5.38. The Morgan fingerprint density at radius 3 is 2.56 bits per heavy atom. The molecule has 27 heavy (non-hydrogen) atoms. The number of piperidine rings is 1. The van der Waals surface area contributed by atoms with E-state index in [9.17, 15) is 18.0 Å². The van der Waals surface area contributed by atoms with Crippen molar-refractivity contribution in [2.75, 3.05) is 33.4 Å². The molecule has 2 N–H and O–H groups in total. The summed E-state index contributed by atoms with van der Waals surface area (Å²) in [5, 5.41) is 12.4. The van der Waals surface area contributed by atoms with Gasteiger partial charge in [-0.3, -0.25) is 4.79 Å². The number of rotatable bonds is 3. The van der Waals surface area contributed by atoms with Gasteiger partial charge in [-0.15, -0.1) is 11.3 Å². The molecule has 3 heterocycles. The highest BCUT2D eigenvalue weighted by Gasteiger charge is 2.46. The molecule has 11 heteroatoms. The van der Waals surface area contributed by atoms with Crippen LogP contribution < -0.4 is 5.32 Å². The first-order valence-electron chi connectivity index (χ1n) is 8.37. The highest BCUT2D eigenvalue weighted by atomic mass is 32.1. The average molecular weight is 409 g/mol. The molecule has 2 aliphatic rings. The van der Waals surface area contributed by atoms with Gasteiger partial charge < -0.3 is 20.1 Å². The fourth-order valence-corrected chi connectivity index (χ4v) is 4.05. The van der Waals surface area contributed by atoms with Crippen molar-refractivity contribution in [3.05, 3.63) is 16.6 Å². The summed E-state index contributed by atoms with van der Waals surface area (Å²) in [5.74, 6) is -2.70. The number of hydrogen-bond donors (Lipinski definition) is 2. The van der Waals surface area contributed by atoms with Gasteiger partial charge in [0.05, 0.1) is 18.2 Å². The van der Waals surface area contributed by atoms with E-state index < -0.39 is 12.1 Å². The fraction of sp³-hybridized carbons (Fsp3) is 0.688. The predicted octanol–water partition coefficient (Wildman–Crippen LogP) is 2.01. The quantitative estimate of drug-likeness (QED) is 0.794. The van der Waals surface area contributed by atoms with Gasteiger partial charge in [0.1, 0.15) is 5.69 Å². The van der Waals surface area contributed by atoms with E-state index in [-0.39, 0.29) is 17.4 Å². The van der Waals surface area contributed by atoms with Crippen LogP contribution in [-0.4, -0.2) is 72.4 Å². The lowest BCUT2D eigenvalue weighted by molar-refractivity contribution is -0.192. The third kappa shape index (κ3) is 5.63. The molecule has 152 valence electrons. The highest BCUT2D eigenvalue weighted by molar-refractivity contribution is 7.07. The number of amides is 1. The zero-order valence-corrected chi connectivity index (χ0v) is 15.6. The predicted molar refractivity (Wildman–Crippen MR) is 91.7 cm³/mol. The second-order valence-electron chi connectivity index (χ2n) is 6.67. The molecule has 3 rings (SSSR count). The van der Waals surface area contributed by atoms with Crippen molar-refractivity contribution < 1.29 is 32.6 Å². The van der Waals surface area contributed by atoms with Crippen molar-refractivity contribution in [3.8, 4) is 0 Å². The van der Waals surface area contributed by atoms with Crippen LogP contribution in [0.3, 0.4) is 0 Å². The number of aromatic nitrogens is 1. The molecule has 1 unspecified atom stereocenters. The maximum Gasteiger partial charge on any atom is 0.490 e. The molecule has 1 amide bonds. The minimum atomic E-state index is -5.08. The van der Waals surface area contributed by atoms with Crippen LogP contribution in [0.1, 0.15) is 29.8 Å². The van der Waals surface area contributed by atoms with Gasteiger partial charge in [-0.25, -0.2) is 9.78 Å². The van der Waals surface area contributed by atoms with E-state index in [0.29, 0.717) is 12.3 Å². The van der Waals surface area contributed by atoms with E-state index in [0.717, 1.165) is 38.9 Å². The van der Waals surface area contributed by atoms with Crippen LogP contribution in [0.15, 0.2) is 10.9 Å². The molecule has 7 nitrogen and oxygen atoms in total. The number of hydrogen-bond acceptors (Lipinski definition) is 6. The van der Waals surface area contributed by atoms with Crippen LogP contribution in [0.2, 0.25) is 0 Å². The number of nitrogens with one attached hydrogen (secondary N) is 1. The van der Waals surface area contributed by atoms with Crippen molar-refractivity contribution in [3.63, 3.8) is 0 Å². The van der Waals surface area contributed by atoms with Crippen molar-refractivity contribution >= 4 is 23.2 Å². The van der Waals surface area contributed by atoms with Crippen LogP contribution in [0, 0.1) is 5.41 Å². The van der Waals surface area contributed by atoms with Crippen LogP contribution in [-0.2, 0) is 9.53 Å². The summed E-state index contributed by atoms with van der Waals surface area (Å²) < 4.78 is 37.1.